The zero-order chi connectivity index (χ0) is 21.8. The average molecular weight is 420 g/mol. The molecule has 0 radical (unpaired) electrons. The van der Waals surface area contributed by atoms with Crippen LogP contribution in [0.1, 0.15) is 11.6 Å². The topological polar surface area (TPSA) is 71.0 Å². The SMILES string of the molecule is CN1C(=O)[C@H](Cc2c[nH]c3ccccc23)n2c(nc3ccccc3c2=O)-c2ccccc21. The molecule has 5 aromatic rings. The summed E-state index contributed by atoms with van der Waals surface area (Å²) in [6.45, 7) is 0. The summed E-state index contributed by atoms with van der Waals surface area (Å²) in [6, 6.07) is 22.2. The van der Waals surface area contributed by atoms with Crippen molar-refractivity contribution in [3.8, 4) is 11.4 Å². The number of aromatic nitrogens is 3. The van der Waals surface area contributed by atoms with Gasteiger partial charge >= 0.3 is 0 Å². The molecule has 0 saturated carbocycles. The van der Waals surface area contributed by atoms with Gasteiger partial charge < -0.3 is 9.88 Å². The van der Waals surface area contributed by atoms with Gasteiger partial charge in [-0.3, -0.25) is 14.2 Å². The van der Waals surface area contributed by atoms with Crippen molar-refractivity contribution in [2.75, 3.05) is 11.9 Å². The Hall–Kier alpha value is -4.19. The number of hydrogen-bond acceptors (Lipinski definition) is 3. The van der Waals surface area contributed by atoms with Crippen molar-refractivity contribution in [1.82, 2.24) is 14.5 Å². The van der Waals surface area contributed by atoms with Crippen LogP contribution in [0.3, 0.4) is 0 Å². The van der Waals surface area contributed by atoms with E-state index in [0.717, 1.165) is 27.7 Å². The lowest BCUT2D eigenvalue weighted by Crippen LogP contribution is -2.38. The molecule has 32 heavy (non-hydrogen) atoms. The molecule has 0 saturated heterocycles. The molecule has 3 heterocycles. The van der Waals surface area contributed by atoms with E-state index in [9.17, 15) is 9.59 Å². The fraction of sp³-hybridized carbons (Fsp3) is 0.115. The quantitative estimate of drug-likeness (QED) is 0.463. The molecule has 6 nitrogen and oxygen atoms in total. The highest BCUT2D eigenvalue weighted by molar-refractivity contribution is 6.02. The highest BCUT2D eigenvalue weighted by Crippen LogP contribution is 2.36. The molecule has 6 heteroatoms. The maximum Gasteiger partial charge on any atom is 0.262 e. The van der Waals surface area contributed by atoms with Crippen molar-refractivity contribution in [1.29, 1.82) is 0 Å². The number of hydrogen-bond donors (Lipinski definition) is 1. The molecule has 6 rings (SSSR count). The van der Waals surface area contributed by atoms with Crippen molar-refractivity contribution in [2.24, 2.45) is 0 Å². The fourth-order valence-corrected chi connectivity index (χ4v) is 4.72. The molecule has 156 valence electrons. The number of amides is 1. The lowest BCUT2D eigenvalue weighted by atomic mass is 10.0. The summed E-state index contributed by atoms with van der Waals surface area (Å²) in [5, 5.41) is 1.56. The first-order valence-corrected chi connectivity index (χ1v) is 10.6. The lowest BCUT2D eigenvalue weighted by molar-refractivity contribution is -0.121. The molecule has 0 aliphatic carbocycles. The van der Waals surface area contributed by atoms with E-state index in [1.165, 1.54) is 0 Å². The van der Waals surface area contributed by atoms with Crippen LogP contribution in [0.5, 0.6) is 0 Å². The molecule has 3 aromatic carbocycles. The van der Waals surface area contributed by atoms with Crippen molar-refractivity contribution < 1.29 is 4.79 Å². The van der Waals surface area contributed by atoms with E-state index in [0.29, 0.717) is 23.1 Å². The summed E-state index contributed by atoms with van der Waals surface area (Å²) in [7, 11) is 1.76. The minimum Gasteiger partial charge on any atom is -0.361 e. The molecule has 0 spiro atoms. The second-order valence-corrected chi connectivity index (χ2v) is 8.12. The smallest absolute Gasteiger partial charge is 0.262 e. The number of para-hydroxylation sites is 3. The Morgan fingerprint density at radius 1 is 0.906 bits per heavy atom. The largest absolute Gasteiger partial charge is 0.361 e. The number of H-pyrrole nitrogens is 1. The second kappa shape index (κ2) is 6.92. The predicted molar refractivity (Wildman–Crippen MR) is 126 cm³/mol. The Balaban J connectivity index is 1.65. The van der Waals surface area contributed by atoms with Crippen molar-refractivity contribution in [3.05, 3.63) is 94.9 Å². The summed E-state index contributed by atoms with van der Waals surface area (Å²) in [5.74, 6) is 0.382. The highest BCUT2D eigenvalue weighted by atomic mass is 16.2. The van der Waals surface area contributed by atoms with Gasteiger partial charge in [0.15, 0.2) is 0 Å². The molecular formula is C26H20N4O2. The minimum absolute atomic E-state index is 0.138. The van der Waals surface area contributed by atoms with Gasteiger partial charge in [0.05, 0.1) is 16.6 Å². The van der Waals surface area contributed by atoms with Gasteiger partial charge in [-0.2, -0.15) is 0 Å². The Labute approximate surface area is 183 Å². The van der Waals surface area contributed by atoms with E-state index in [4.69, 9.17) is 4.98 Å². The summed E-state index contributed by atoms with van der Waals surface area (Å²) in [6.07, 6.45) is 2.31. The first kappa shape index (κ1) is 18.6. The normalized spacial score (nSPS) is 15.6. The minimum atomic E-state index is -0.716. The van der Waals surface area contributed by atoms with Crippen molar-refractivity contribution in [3.63, 3.8) is 0 Å². The van der Waals surface area contributed by atoms with Gasteiger partial charge in [0.2, 0.25) is 5.91 Å². The van der Waals surface area contributed by atoms with E-state index in [1.807, 2.05) is 72.9 Å². The summed E-state index contributed by atoms with van der Waals surface area (Å²) >= 11 is 0. The zero-order valence-corrected chi connectivity index (χ0v) is 17.4. The van der Waals surface area contributed by atoms with Crippen LogP contribution in [-0.2, 0) is 11.2 Å². The van der Waals surface area contributed by atoms with E-state index in [2.05, 4.69) is 4.98 Å². The standard InChI is InChI=1S/C26H20N4O2/c1-29-22-13-7-4-10-19(22)24-28-21-12-6-3-9-18(21)25(31)30(24)23(26(29)32)14-16-15-27-20-11-5-2-8-17(16)20/h2-13,15,23,27H,14H2,1H3/t23-/m0/s1. The molecule has 1 aliphatic heterocycles. The predicted octanol–water partition coefficient (Wildman–Crippen LogP) is 4.31. The van der Waals surface area contributed by atoms with E-state index in [-0.39, 0.29) is 11.5 Å². The Morgan fingerprint density at radius 3 is 2.50 bits per heavy atom. The summed E-state index contributed by atoms with van der Waals surface area (Å²) in [4.78, 5) is 37.3. The lowest BCUT2D eigenvalue weighted by Gasteiger charge is -2.23. The number of likely N-dealkylation sites (N-methyl/N-ethyl adjacent to an activating group) is 1. The molecule has 0 fully saturated rings. The Morgan fingerprint density at radius 2 is 1.62 bits per heavy atom. The van der Waals surface area contributed by atoms with Crippen molar-refractivity contribution >= 4 is 33.4 Å². The number of rotatable bonds is 2. The van der Waals surface area contributed by atoms with Crippen LogP contribution in [0.25, 0.3) is 33.2 Å². The van der Waals surface area contributed by atoms with Gasteiger partial charge in [-0.1, -0.05) is 42.5 Å². The third kappa shape index (κ3) is 2.62. The molecule has 1 aliphatic rings. The molecule has 1 amide bonds. The fourth-order valence-electron chi connectivity index (χ4n) is 4.72. The number of carbonyl (C=O) groups is 1. The second-order valence-electron chi connectivity index (χ2n) is 8.12. The van der Waals surface area contributed by atoms with Gasteiger partial charge in [-0.05, 0) is 35.9 Å². The molecule has 0 unspecified atom stereocenters. The maximum atomic E-state index is 13.7. The first-order chi connectivity index (χ1) is 15.6. The molecular weight excluding hydrogens is 400 g/mol. The number of carbonyl (C=O) groups excluding carboxylic acids is 1. The van der Waals surface area contributed by atoms with Gasteiger partial charge in [0.1, 0.15) is 11.9 Å². The number of nitrogens with one attached hydrogen (secondary N) is 1. The van der Waals surface area contributed by atoms with Gasteiger partial charge in [0.25, 0.3) is 5.56 Å². The van der Waals surface area contributed by atoms with Gasteiger partial charge in [-0.15, -0.1) is 0 Å². The summed E-state index contributed by atoms with van der Waals surface area (Å²) < 4.78 is 1.59. The maximum absolute atomic E-state index is 13.7. The van der Waals surface area contributed by atoms with Crippen LogP contribution in [0, 0.1) is 0 Å². The van der Waals surface area contributed by atoms with Crippen LogP contribution in [0.15, 0.2) is 83.8 Å². The monoisotopic (exact) mass is 420 g/mol. The highest BCUT2D eigenvalue weighted by Gasteiger charge is 2.34. The molecule has 2 aromatic heterocycles. The van der Waals surface area contributed by atoms with Crippen molar-refractivity contribution in [2.45, 2.75) is 12.5 Å². The van der Waals surface area contributed by atoms with Crippen LogP contribution in [0.2, 0.25) is 0 Å². The van der Waals surface area contributed by atoms with Crippen LogP contribution in [-0.4, -0.2) is 27.5 Å². The average Bonchev–Trinajstić information content (AvgIpc) is 3.21. The van der Waals surface area contributed by atoms with E-state index >= 15 is 0 Å². The van der Waals surface area contributed by atoms with E-state index < -0.39 is 6.04 Å². The van der Waals surface area contributed by atoms with E-state index in [1.54, 1.807) is 22.6 Å². The Kier molecular flexibility index (Phi) is 4.01. The van der Waals surface area contributed by atoms with Crippen LogP contribution in [0.4, 0.5) is 5.69 Å². The first-order valence-electron chi connectivity index (χ1n) is 10.6. The molecule has 1 atom stereocenters. The number of nitrogens with zero attached hydrogens (tertiary/aromatic N) is 3. The number of fused-ring (bicyclic) bond motifs is 5. The summed E-state index contributed by atoms with van der Waals surface area (Å²) in [5.41, 5.74) is 3.94. The van der Waals surface area contributed by atoms with Crippen LogP contribution < -0.4 is 10.5 Å². The number of benzene rings is 3. The third-order valence-electron chi connectivity index (χ3n) is 6.33. The Bertz CT molecular complexity index is 1580. The number of anilines is 1. The van der Waals surface area contributed by atoms with Gasteiger partial charge in [-0.25, -0.2) is 4.98 Å². The third-order valence-corrected chi connectivity index (χ3v) is 6.33. The van der Waals surface area contributed by atoms with Gasteiger partial charge in [0, 0.05) is 36.1 Å². The number of aromatic amines is 1. The molecule has 0 bridgehead atoms. The molecule has 1 N–H and O–H groups in total. The zero-order valence-electron chi connectivity index (χ0n) is 17.4. The van der Waals surface area contributed by atoms with Crippen LogP contribution >= 0.6 is 0 Å².